The Labute approximate surface area is 142 Å². The molecular weight excluding hydrogens is 298 g/mol. The smallest absolute Gasteiger partial charge is 0.151 e. The second-order valence-corrected chi connectivity index (χ2v) is 6.09. The molecule has 24 heavy (non-hydrogen) atoms. The molecule has 0 saturated carbocycles. The van der Waals surface area contributed by atoms with Gasteiger partial charge in [0.1, 0.15) is 6.07 Å². The highest BCUT2D eigenvalue weighted by Crippen LogP contribution is 2.21. The monoisotopic (exact) mass is 319 g/mol. The lowest BCUT2D eigenvalue weighted by atomic mass is 10.1. The summed E-state index contributed by atoms with van der Waals surface area (Å²) in [5, 5.41) is 9.23. The lowest BCUT2D eigenvalue weighted by Gasteiger charge is -2.36. The first-order chi connectivity index (χ1) is 11.8. The van der Waals surface area contributed by atoms with Crippen molar-refractivity contribution in [2.24, 2.45) is 0 Å². The average Bonchev–Trinajstić information content (AvgIpc) is 2.63. The second kappa shape index (κ2) is 7.76. The van der Waals surface area contributed by atoms with Crippen LogP contribution < -0.4 is 4.90 Å². The highest BCUT2D eigenvalue weighted by molar-refractivity contribution is 5.82. The van der Waals surface area contributed by atoms with Gasteiger partial charge in [-0.3, -0.25) is 9.69 Å². The van der Waals surface area contributed by atoms with Gasteiger partial charge in [-0.1, -0.05) is 42.5 Å². The molecule has 0 spiro atoms. The molecule has 2 aromatic rings. The molecule has 3 rings (SSSR count). The summed E-state index contributed by atoms with van der Waals surface area (Å²) in [6.07, 6.45) is 0.498. The minimum atomic E-state index is 0.257. The molecule has 0 aliphatic carbocycles. The van der Waals surface area contributed by atoms with Crippen molar-refractivity contribution in [2.45, 2.75) is 6.42 Å². The highest BCUT2D eigenvalue weighted by atomic mass is 16.1. The van der Waals surface area contributed by atoms with Crippen LogP contribution in [0, 0.1) is 11.3 Å². The molecule has 1 heterocycles. The van der Waals surface area contributed by atoms with E-state index in [1.54, 1.807) is 0 Å². The standard InChI is InChI=1S/C20H21N3O/c21-15-18-8-4-5-9-20(18)23-12-10-22(11-13-23)16-19(24)14-17-6-2-1-3-7-17/h1-9H,10-14,16H2. The molecule has 0 unspecified atom stereocenters. The Hall–Kier alpha value is -2.64. The Morgan fingerprint density at radius 2 is 1.62 bits per heavy atom. The largest absolute Gasteiger partial charge is 0.368 e. The molecule has 1 aliphatic heterocycles. The number of hydrogen-bond acceptors (Lipinski definition) is 4. The average molecular weight is 319 g/mol. The fraction of sp³-hybridized carbons (Fsp3) is 0.300. The third-order valence-corrected chi connectivity index (χ3v) is 4.38. The van der Waals surface area contributed by atoms with Gasteiger partial charge < -0.3 is 4.90 Å². The maximum Gasteiger partial charge on any atom is 0.151 e. The van der Waals surface area contributed by atoms with E-state index in [2.05, 4.69) is 15.9 Å². The molecule has 0 amide bonds. The third-order valence-electron chi connectivity index (χ3n) is 4.38. The number of ketones is 1. The van der Waals surface area contributed by atoms with Crippen molar-refractivity contribution in [2.75, 3.05) is 37.6 Å². The fourth-order valence-electron chi connectivity index (χ4n) is 3.12. The van der Waals surface area contributed by atoms with E-state index in [9.17, 15) is 10.1 Å². The molecule has 1 aliphatic rings. The van der Waals surface area contributed by atoms with Crippen LogP contribution in [-0.4, -0.2) is 43.4 Å². The molecule has 4 heteroatoms. The van der Waals surface area contributed by atoms with E-state index in [4.69, 9.17) is 0 Å². The van der Waals surface area contributed by atoms with E-state index >= 15 is 0 Å². The zero-order valence-corrected chi connectivity index (χ0v) is 13.7. The maximum absolute atomic E-state index is 12.2. The van der Waals surface area contributed by atoms with Crippen LogP contribution in [0.2, 0.25) is 0 Å². The Morgan fingerprint density at radius 1 is 0.958 bits per heavy atom. The molecule has 0 atom stereocenters. The van der Waals surface area contributed by atoms with Gasteiger partial charge in [-0.25, -0.2) is 0 Å². The van der Waals surface area contributed by atoms with Crippen molar-refractivity contribution >= 4 is 11.5 Å². The van der Waals surface area contributed by atoms with E-state index in [0.29, 0.717) is 18.5 Å². The predicted octanol–water partition coefficient (Wildman–Crippen LogP) is 2.49. The van der Waals surface area contributed by atoms with Gasteiger partial charge in [-0.2, -0.15) is 5.26 Å². The van der Waals surface area contributed by atoms with Gasteiger partial charge in [0, 0.05) is 32.6 Å². The topological polar surface area (TPSA) is 47.3 Å². The highest BCUT2D eigenvalue weighted by Gasteiger charge is 2.20. The summed E-state index contributed by atoms with van der Waals surface area (Å²) in [5.41, 5.74) is 2.78. The first-order valence-corrected chi connectivity index (χ1v) is 8.28. The third kappa shape index (κ3) is 4.01. The van der Waals surface area contributed by atoms with Crippen molar-refractivity contribution in [3.8, 4) is 6.07 Å². The number of carbonyl (C=O) groups is 1. The molecular formula is C20H21N3O. The molecule has 122 valence electrons. The molecule has 0 N–H and O–H groups in total. The van der Waals surface area contributed by atoms with Crippen LogP contribution in [0.25, 0.3) is 0 Å². The van der Waals surface area contributed by atoms with E-state index in [1.807, 2.05) is 54.6 Å². The molecule has 4 nitrogen and oxygen atoms in total. The van der Waals surface area contributed by atoms with Crippen LogP contribution in [-0.2, 0) is 11.2 Å². The van der Waals surface area contributed by atoms with E-state index < -0.39 is 0 Å². The molecule has 2 aromatic carbocycles. The van der Waals surface area contributed by atoms with Crippen LogP contribution in [0.4, 0.5) is 5.69 Å². The summed E-state index contributed by atoms with van der Waals surface area (Å²) in [7, 11) is 0. The lowest BCUT2D eigenvalue weighted by Crippen LogP contribution is -2.48. The van der Waals surface area contributed by atoms with Gasteiger partial charge in [0.05, 0.1) is 17.8 Å². The van der Waals surface area contributed by atoms with Crippen molar-refractivity contribution in [1.29, 1.82) is 5.26 Å². The minimum Gasteiger partial charge on any atom is -0.368 e. The number of rotatable bonds is 5. The first-order valence-electron chi connectivity index (χ1n) is 8.28. The quantitative estimate of drug-likeness (QED) is 0.849. The normalized spacial score (nSPS) is 15.0. The maximum atomic E-state index is 12.2. The number of Topliss-reactive ketones (excluding diaryl/α,β-unsaturated/α-hetero) is 1. The van der Waals surface area contributed by atoms with Gasteiger partial charge in [0.2, 0.25) is 0 Å². The predicted molar refractivity (Wildman–Crippen MR) is 95.0 cm³/mol. The van der Waals surface area contributed by atoms with E-state index in [0.717, 1.165) is 37.4 Å². The minimum absolute atomic E-state index is 0.257. The summed E-state index contributed by atoms with van der Waals surface area (Å²) >= 11 is 0. The van der Waals surface area contributed by atoms with Crippen LogP contribution in [0.3, 0.4) is 0 Å². The SMILES string of the molecule is N#Cc1ccccc1N1CCN(CC(=O)Cc2ccccc2)CC1. The number of anilines is 1. The molecule has 1 fully saturated rings. The van der Waals surface area contributed by atoms with Gasteiger partial charge >= 0.3 is 0 Å². The zero-order valence-electron chi connectivity index (χ0n) is 13.7. The number of benzene rings is 2. The summed E-state index contributed by atoms with van der Waals surface area (Å²) in [6, 6.07) is 19.8. The Kier molecular flexibility index (Phi) is 5.25. The van der Waals surface area contributed by atoms with Crippen LogP contribution in [0.15, 0.2) is 54.6 Å². The van der Waals surface area contributed by atoms with Crippen LogP contribution >= 0.6 is 0 Å². The first kappa shape index (κ1) is 16.2. The number of piperazine rings is 1. The van der Waals surface area contributed by atoms with E-state index in [1.165, 1.54) is 0 Å². The van der Waals surface area contributed by atoms with Crippen LogP contribution in [0.5, 0.6) is 0 Å². The number of para-hydroxylation sites is 1. The summed E-state index contributed by atoms with van der Waals surface area (Å²) in [4.78, 5) is 16.7. The number of nitriles is 1. The number of nitrogens with zero attached hydrogens (tertiary/aromatic N) is 3. The molecule has 0 bridgehead atoms. The van der Waals surface area contributed by atoms with Crippen molar-refractivity contribution in [3.63, 3.8) is 0 Å². The number of hydrogen-bond donors (Lipinski definition) is 0. The zero-order chi connectivity index (χ0) is 16.8. The summed E-state index contributed by atoms with van der Waals surface area (Å²) < 4.78 is 0. The van der Waals surface area contributed by atoms with Crippen molar-refractivity contribution in [3.05, 3.63) is 65.7 Å². The Bertz CT molecular complexity index is 728. The van der Waals surface area contributed by atoms with Gasteiger partial charge in [0.25, 0.3) is 0 Å². The molecule has 1 saturated heterocycles. The summed E-state index contributed by atoms with van der Waals surface area (Å²) in [5.74, 6) is 0.257. The Balaban J connectivity index is 1.52. The molecule has 0 radical (unpaired) electrons. The summed E-state index contributed by atoms with van der Waals surface area (Å²) in [6.45, 7) is 3.89. The van der Waals surface area contributed by atoms with E-state index in [-0.39, 0.29) is 5.78 Å². The second-order valence-electron chi connectivity index (χ2n) is 6.09. The van der Waals surface area contributed by atoms with Gasteiger partial charge in [-0.15, -0.1) is 0 Å². The Morgan fingerprint density at radius 3 is 2.33 bits per heavy atom. The lowest BCUT2D eigenvalue weighted by molar-refractivity contribution is -0.119. The van der Waals surface area contributed by atoms with Crippen LogP contribution in [0.1, 0.15) is 11.1 Å². The van der Waals surface area contributed by atoms with Gasteiger partial charge in [-0.05, 0) is 17.7 Å². The molecule has 0 aromatic heterocycles. The van der Waals surface area contributed by atoms with Crippen molar-refractivity contribution in [1.82, 2.24) is 4.90 Å². The number of carbonyl (C=O) groups excluding carboxylic acids is 1. The van der Waals surface area contributed by atoms with Crippen molar-refractivity contribution < 1.29 is 4.79 Å². The fourth-order valence-corrected chi connectivity index (χ4v) is 3.12. The van der Waals surface area contributed by atoms with Gasteiger partial charge in [0.15, 0.2) is 5.78 Å².